The molecule has 8 heteroatoms. The summed E-state index contributed by atoms with van der Waals surface area (Å²) in [5, 5.41) is 8.95. The fourth-order valence-electron chi connectivity index (χ4n) is 1.72. The van der Waals surface area contributed by atoms with E-state index in [4.69, 9.17) is 4.74 Å². The van der Waals surface area contributed by atoms with E-state index in [0.29, 0.717) is 16.9 Å². The number of H-pyrrole nitrogens is 1. The lowest BCUT2D eigenvalue weighted by molar-refractivity contribution is -0.0511. The van der Waals surface area contributed by atoms with Crippen LogP contribution in [0, 0.1) is 6.92 Å². The van der Waals surface area contributed by atoms with E-state index in [0.717, 1.165) is 0 Å². The Morgan fingerprint density at radius 3 is 2.71 bits per heavy atom. The summed E-state index contributed by atoms with van der Waals surface area (Å²) in [6.45, 7) is -1.29. The summed E-state index contributed by atoms with van der Waals surface area (Å²) in [5.74, 6) is -0.420. The van der Waals surface area contributed by atoms with Crippen LogP contribution in [0.5, 0.6) is 11.5 Å². The molecule has 1 heterocycles. The Hall–Kier alpha value is -2.64. The second-order valence-electron chi connectivity index (χ2n) is 4.11. The van der Waals surface area contributed by atoms with Gasteiger partial charge in [0.1, 0.15) is 0 Å². The van der Waals surface area contributed by atoms with Gasteiger partial charge in [-0.25, -0.2) is 0 Å². The number of hydrogen-bond acceptors (Lipinski definition) is 4. The summed E-state index contributed by atoms with van der Waals surface area (Å²) >= 11 is 0. The summed E-state index contributed by atoms with van der Waals surface area (Å²) in [6, 6.07) is 4.21. The molecule has 21 heavy (non-hydrogen) atoms. The van der Waals surface area contributed by atoms with E-state index in [-0.39, 0.29) is 11.5 Å². The summed E-state index contributed by atoms with van der Waals surface area (Å²) in [6.07, 6.45) is 1.38. The Kier molecular flexibility index (Phi) is 4.36. The number of methoxy groups -OCH3 is 1. The topological polar surface area (TPSA) is 76.2 Å². The summed E-state index contributed by atoms with van der Waals surface area (Å²) in [5.41, 5.74) is 1.27. The molecule has 112 valence electrons. The number of rotatable bonds is 5. The lowest BCUT2D eigenvalue weighted by Crippen LogP contribution is -2.12. The summed E-state index contributed by atoms with van der Waals surface area (Å²) < 4.78 is 33.9. The average molecular weight is 297 g/mol. The smallest absolute Gasteiger partial charge is 0.387 e. The number of benzene rings is 1. The maximum Gasteiger partial charge on any atom is 0.387 e. The fraction of sp³-hybridized carbons (Fsp3) is 0.231. The monoisotopic (exact) mass is 297 g/mol. The number of aromatic amines is 1. The minimum atomic E-state index is -2.99. The Bertz CT molecular complexity index is 643. The van der Waals surface area contributed by atoms with Crippen LogP contribution in [-0.4, -0.2) is 29.8 Å². The van der Waals surface area contributed by atoms with Crippen LogP contribution in [0.1, 0.15) is 16.1 Å². The Labute approximate surface area is 119 Å². The number of hydrogen-bond donors (Lipinski definition) is 2. The number of nitrogens with zero attached hydrogens (tertiary/aromatic N) is 1. The van der Waals surface area contributed by atoms with Crippen molar-refractivity contribution in [3.63, 3.8) is 0 Å². The lowest BCUT2D eigenvalue weighted by atomic mass is 10.2. The van der Waals surface area contributed by atoms with Crippen LogP contribution < -0.4 is 14.8 Å². The molecule has 6 nitrogen and oxygen atoms in total. The third-order valence-electron chi connectivity index (χ3n) is 2.71. The van der Waals surface area contributed by atoms with Crippen molar-refractivity contribution in [3.05, 3.63) is 35.7 Å². The third-order valence-corrected chi connectivity index (χ3v) is 2.71. The van der Waals surface area contributed by atoms with Crippen LogP contribution in [0.3, 0.4) is 0 Å². The molecule has 0 radical (unpaired) electrons. The van der Waals surface area contributed by atoms with Crippen molar-refractivity contribution in [2.24, 2.45) is 0 Å². The minimum Gasteiger partial charge on any atom is -0.493 e. The van der Waals surface area contributed by atoms with Gasteiger partial charge in [-0.15, -0.1) is 0 Å². The first kappa shape index (κ1) is 14.8. The van der Waals surface area contributed by atoms with Gasteiger partial charge in [-0.2, -0.15) is 13.9 Å². The molecular formula is C13H13F2N3O3. The van der Waals surface area contributed by atoms with Crippen molar-refractivity contribution in [3.8, 4) is 11.5 Å². The van der Waals surface area contributed by atoms with E-state index in [1.54, 1.807) is 6.92 Å². The number of anilines is 1. The van der Waals surface area contributed by atoms with Gasteiger partial charge in [0.15, 0.2) is 11.5 Å². The number of aromatic nitrogens is 2. The molecule has 0 aliphatic heterocycles. The van der Waals surface area contributed by atoms with Crippen molar-refractivity contribution in [2.45, 2.75) is 13.5 Å². The van der Waals surface area contributed by atoms with E-state index >= 15 is 0 Å². The van der Waals surface area contributed by atoms with Gasteiger partial charge in [0.25, 0.3) is 5.91 Å². The van der Waals surface area contributed by atoms with Gasteiger partial charge in [-0.1, -0.05) is 0 Å². The fourth-order valence-corrected chi connectivity index (χ4v) is 1.72. The van der Waals surface area contributed by atoms with Crippen LogP contribution in [0.25, 0.3) is 0 Å². The van der Waals surface area contributed by atoms with E-state index < -0.39 is 12.5 Å². The van der Waals surface area contributed by atoms with Crippen LogP contribution in [0.15, 0.2) is 24.4 Å². The number of nitrogens with one attached hydrogen (secondary N) is 2. The van der Waals surface area contributed by atoms with Gasteiger partial charge in [0.05, 0.1) is 18.9 Å². The van der Waals surface area contributed by atoms with E-state index in [2.05, 4.69) is 20.3 Å². The summed E-state index contributed by atoms with van der Waals surface area (Å²) in [4.78, 5) is 12.0. The molecule has 0 unspecified atom stereocenters. The Balaban J connectivity index is 2.20. The molecule has 0 bridgehead atoms. The van der Waals surface area contributed by atoms with Crippen LogP contribution in [0.2, 0.25) is 0 Å². The van der Waals surface area contributed by atoms with Crippen LogP contribution in [-0.2, 0) is 0 Å². The van der Waals surface area contributed by atoms with Crippen molar-refractivity contribution < 1.29 is 23.0 Å². The zero-order chi connectivity index (χ0) is 15.4. The minimum absolute atomic E-state index is 0.146. The second kappa shape index (κ2) is 6.21. The van der Waals surface area contributed by atoms with Crippen molar-refractivity contribution in [1.82, 2.24) is 10.2 Å². The molecule has 2 rings (SSSR count). The van der Waals surface area contributed by atoms with Gasteiger partial charge in [-0.3, -0.25) is 9.89 Å². The van der Waals surface area contributed by atoms with Crippen molar-refractivity contribution in [2.75, 3.05) is 12.4 Å². The average Bonchev–Trinajstić information content (AvgIpc) is 2.85. The first-order valence-electron chi connectivity index (χ1n) is 5.95. The number of amides is 1. The predicted octanol–water partition coefficient (Wildman–Crippen LogP) is 2.58. The molecule has 0 aliphatic rings. The largest absolute Gasteiger partial charge is 0.493 e. The van der Waals surface area contributed by atoms with Gasteiger partial charge in [-0.05, 0) is 19.1 Å². The Morgan fingerprint density at radius 1 is 1.38 bits per heavy atom. The zero-order valence-corrected chi connectivity index (χ0v) is 11.3. The van der Waals surface area contributed by atoms with E-state index in [1.807, 2.05) is 0 Å². The molecular weight excluding hydrogens is 284 g/mol. The van der Waals surface area contributed by atoms with Gasteiger partial charge in [0, 0.05) is 17.4 Å². The highest BCUT2D eigenvalue weighted by Crippen LogP contribution is 2.31. The number of carbonyl (C=O) groups excluding carboxylic acids is 1. The maximum atomic E-state index is 12.3. The number of carbonyl (C=O) groups is 1. The van der Waals surface area contributed by atoms with E-state index in [9.17, 15) is 13.6 Å². The molecule has 2 aromatic rings. The second-order valence-corrected chi connectivity index (χ2v) is 4.11. The molecule has 0 fully saturated rings. The molecule has 0 aliphatic carbocycles. The first-order chi connectivity index (χ1) is 10.0. The molecule has 1 aromatic heterocycles. The number of halogens is 2. The molecule has 0 atom stereocenters. The highest BCUT2D eigenvalue weighted by molar-refractivity contribution is 6.04. The molecule has 1 aromatic carbocycles. The van der Waals surface area contributed by atoms with Crippen molar-refractivity contribution in [1.29, 1.82) is 0 Å². The molecule has 0 saturated carbocycles. The van der Waals surface area contributed by atoms with Gasteiger partial charge >= 0.3 is 6.61 Å². The van der Waals surface area contributed by atoms with E-state index in [1.165, 1.54) is 31.5 Å². The van der Waals surface area contributed by atoms with Gasteiger partial charge in [0.2, 0.25) is 0 Å². The molecule has 0 spiro atoms. The van der Waals surface area contributed by atoms with Crippen molar-refractivity contribution >= 4 is 11.6 Å². The third kappa shape index (κ3) is 3.47. The molecule has 1 amide bonds. The first-order valence-corrected chi connectivity index (χ1v) is 5.95. The zero-order valence-electron chi connectivity index (χ0n) is 11.3. The Morgan fingerprint density at radius 2 is 2.14 bits per heavy atom. The summed E-state index contributed by atoms with van der Waals surface area (Å²) in [7, 11) is 1.33. The number of aryl methyl sites for hydroxylation is 1. The maximum absolute atomic E-state index is 12.3. The normalized spacial score (nSPS) is 10.5. The quantitative estimate of drug-likeness (QED) is 0.889. The van der Waals surface area contributed by atoms with Crippen LogP contribution >= 0.6 is 0 Å². The SMILES string of the molecule is COc1ccc(NC(=O)c2cn[nH]c2C)cc1OC(F)F. The standard InChI is InChI=1S/C13H13F2N3O3/c1-7-9(6-16-18-7)12(19)17-8-3-4-10(20-2)11(5-8)21-13(14)15/h3-6,13H,1-2H3,(H,16,18)(H,17,19). The number of ether oxygens (including phenoxy) is 2. The lowest BCUT2D eigenvalue weighted by Gasteiger charge is -2.12. The molecule has 0 saturated heterocycles. The highest BCUT2D eigenvalue weighted by Gasteiger charge is 2.14. The predicted molar refractivity (Wildman–Crippen MR) is 70.9 cm³/mol. The molecule has 2 N–H and O–H groups in total. The highest BCUT2D eigenvalue weighted by atomic mass is 19.3. The number of alkyl halides is 2. The van der Waals surface area contributed by atoms with Crippen LogP contribution in [0.4, 0.5) is 14.5 Å². The van der Waals surface area contributed by atoms with Gasteiger partial charge < -0.3 is 14.8 Å².